The molecule has 2 aromatic carbocycles. The van der Waals surface area contributed by atoms with E-state index in [9.17, 15) is 4.39 Å². The van der Waals surface area contributed by atoms with Gasteiger partial charge in [-0.2, -0.15) is 0 Å². The minimum atomic E-state index is -0.154. The molecule has 20 heavy (non-hydrogen) atoms. The fraction of sp³-hybridized carbons (Fsp3) is 0.333. The predicted molar refractivity (Wildman–Crippen MR) is 83.2 cm³/mol. The van der Waals surface area contributed by atoms with E-state index in [0.29, 0.717) is 12.1 Å². The average Bonchev–Trinajstić information content (AvgIpc) is 2.46. The van der Waals surface area contributed by atoms with Crippen molar-refractivity contribution in [3.63, 3.8) is 0 Å². The molecule has 0 heterocycles. The smallest absolute Gasteiger partial charge is 0.131 e. The molecule has 2 heteroatoms. The monoisotopic (exact) mass is 271 g/mol. The molecule has 0 spiro atoms. The maximum absolute atomic E-state index is 14.1. The first kappa shape index (κ1) is 14.7. The van der Waals surface area contributed by atoms with Crippen molar-refractivity contribution in [1.29, 1.82) is 0 Å². The lowest BCUT2D eigenvalue weighted by Crippen LogP contribution is -2.05. The number of halogens is 1. The van der Waals surface area contributed by atoms with Crippen LogP contribution in [0.1, 0.15) is 30.9 Å². The van der Waals surface area contributed by atoms with Crippen LogP contribution < -0.4 is 5.32 Å². The first-order chi connectivity index (χ1) is 9.74. The number of aryl methyl sites for hydroxylation is 1. The first-order valence-corrected chi connectivity index (χ1v) is 7.27. The van der Waals surface area contributed by atoms with Crippen molar-refractivity contribution in [3.05, 3.63) is 59.4 Å². The molecule has 2 rings (SSSR count). The van der Waals surface area contributed by atoms with Crippen LogP contribution in [-0.4, -0.2) is 7.05 Å². The van der Waals surface area contributed by atoms with Crippen molar-refractivity contribution in [1.82, 2.24) is 5.32 Å². The summed E-state index contributed by atoms with van der Waals surface area (Å²) in [6.45, 7) is 2.88. The molecule has 2 aromatic rings. The van der Waals surface area contributed by atoms with Crippen molar-refractivity contribution in [2.75, 3.05) is 7.05 Å². The number of hydrogen-bond acceptors (Lipinski definition) is 1. The molecule has 0 unspecified atom stereocenters. The van der Waals surface area contributed by atoms with Gasteiger partial charge in [0.05, 0.1) is 0 Å². The Kier molecular flexibility index (Phi) is 5.31. The second-order valence-electron chi connectivity index (χ2n) is 5.15. The SMILES string of the molecule is CCCCc1ccc(-c2ccc(CNC)cc2F)cc1. The van der Waals surface area contributed by atoms with Crippen LogP contribution in [-0.2, 0) is 13.0 Å². The van der Waals surface area contributed by atoms with Gasteiger partial charge in [0.25, 0.3) is 0 Å². The van der Waals surface area contributed by atoms with Gasteiger partial charge in [-0.25, -0.2) is 4.39 Å². The van der Waals surface area contributed by atoms with Crippen molar-refractivity contribution in [2.45, 2.75) is 32.7 Å². The zero-order chi connectivity index (χ0) is 14.4. The van der Waals surface area contributed by atoms with E-state index in [4.69, 9.17) is 0 Å². The Bertz CT molecular complexity index is 546. The van der Waals surface area contributed by atoms with Crippen LogP contribution in [0.4, 0.5) is 4.39 Å². The topological polar surface area (TPSA) is 12.0 Å². The van der Waals surface area contributed by atoms with Crippen molar-refractivity contribution < 1.29 is 4.39 Å². The summed E-state index contributed by atoms with van der Waals surface area (Å²) in [6, 6.07) is 13.7. The van der Waals surface area contributed by atoms with Gasteiger partial charge in [-0.3, -0.25) is 0 Å². The lowest BCUT2D eigenvalue weighted by Gasteiger charge is -2.07. The summed E-state index contributed by atoms with van der Waals surface area (Å²) in [6.07, 6.45) is 3.50. The maximum Gasteiger partial charge on any atom is 0.131 e. The second kappa shape index (κ2) is 7.20. The highest BCUT2D eigenvalue weighted by Crippen LogP contribution is 2.24. The molecular formula is C18H22FN. The van der Waals surface area contributed by atoms with Crippen molar-refractivity contribution in [3.8, 4) is 11.1 Å². The van der Waals surface area contributed by atoms with Gasteiger partial charge in [0.2, 0.25) is 0 Å². The van der Waals surface area contributed by atoms with Crippen LogP contribution in [0, 0.1) is 5.82 Å². The van der Waals surface area contributed by atoms with E-state index in [1.54, 1.807) is 6.07 Å². The van der Waals surface area contributed by atoms with Crippen molar-refractivity contribution in [2.24, 2.45) is 0 Å². The van der Waals surface area contributed by atoms with Crippen LogP contribution in [0.5, 0.6) is 0 Å². The molecular weight excluding hydrogens is 249 g/mol. The normalized spacial score (nSPS) is 10.8. The fourth-order valence-electron chi connectivity index (χ4n) is 2.34. The molecule has 1 nitrogen and oxygen atoms in total. The summed E-state index contributed by atoms with van der Waals surface area (Å²) in [5.41, 5.74) is 3.90. The van der Waals surface area contributed by atoms with Gasteiger partial charge in [0.15, 0.2) is 0 Å². The molecule has 1 N–H and O–H groups in total. The molecule has 0 saturated carbocycles. The van der Waals surface area contributed by atoms with E-state index in [-0.39, 0.29) is 5.82 Å². The standard InChI is InChI=1S/C18H22FN/c1-3-4-5-14-6-9-16(10-7-14)17-11-8-15(13-20-2)12-18(17)19/h6-12,20H,3-5,13H2,1-2H3. The van der Waals surface area contributed by atoms with Gasteiger partial charge in [-0.15, -0.1) is 0 Å². The summed E-state index contributed by atoms with van der Waals surface area (Å²) in [5.74, 6) is -0.154. The summed E-state index contributed by atoms with van der Waals surface area (Å²) in [4.78, 5) is 0. The molecule has 0 bridgehead atoms. The third-order valence-corrected chi connectivity index (χ3v) is 3.50. The fourth-order valence-corrected chi connectivity index (χ4v) is 2.34. The Hall–Kier alpha value is -1.67. The molecule has 0 radical (unpaired) electrons. The zero-order valence-electron chi connectivity index (χ0n) is 12.2. The Morgan fingerprint density at radius 1 is 1.00 bits per heavy atom. The third-order valence-electron chi connectivity index (χ3n) is 3.50. The van der Waals surface area contributed by atoms with E-state index in [1.165, 1.54) is 18.4 Å². The lowest BCUT2D eigenvalue weighted by molar-refractivity contribution is 0.627. The summed E-state index contributed by atoms with van der Waals surface area (Å²) in [7, 11) is 1.86. The molecule has 0 aromatic heterocycles. The zero-order valence-corrected chi connectivity index (χ0v) is 12.2. The van der Waals surface area contributed by atoms with E-state index in [0.717, 1.165) is 17.5 Å². The predicted octanol–water partition coefficient (Wildman–Crippen LogP) is 4.55. The third kappa shape index (κ3) is 3.67. The number of hydrogen-bond donors (Lipinski definition) is 1. The van der Waals surface area contributed by atoms with Gasteiger partial charge >= 0.3 is 0 Å². The van der Waals surface area contributed by atoms with Crippen LogP contribution in [0.3, 0.4) is 0 Å². The Morgan fingerprint density at radius 3 is 2.30 bits per heavy atom. The number of nitrogens with one attached hydrogen (secondary N) is 1. The average molecular weight is 271 g/mol. The highest BCUT2D eigenvalue weighted by molar-refractivity contribution is 5.64. The Labute approximate surface area is 120 Å². The molecule has 106 valence electrons. The van der Waals surface area contributed by atoms with Gasteiger partial charge in [0, 0.05) is 12.1 Å². The minimum absolute atomic E-state index is 0.154. The quantitative estimate of drug-likeness (QED) is 0.812. The van der Waals surface area contributed by atoms with Gasteiger partial charge in [-0.1, -0.05) is 49.7 Å². The molecule has 0 amide bonds. The van der Waals surface area contributed by atoms with E-state index in [1.807, 2.05) is 31.3 Å². The number of unbranched alkanes of at least 4 members (excludes halogenated alkanes) is 1. The van der Waals surface area contributed by atoms with Crippen LogP contribution in [0.25, 0.3) is 11.1 Å². The number of benzene rings is 2. The van der Waals surface area contributed by atoms with Crippen LogP contribution in [0.15, 0.2) is 42.5 Å². The van der Waals surface area contributed by atoms with Crippen LogP contribution >= 0.6 is 0 Å². The highest BCUT2D eigenvalue weighted by atomic mass is 19.1. The van der Waals surface area contributed by atoms with Crippen LogP contribution in [0.2, 0.25) is 0 Å². The summed E-state index contributed by atoms with van der Waals surface area (Å²) >= 11 is 0. The molecule has 0 atom stereocenters. The van der Waals surface area contributed by atoms with Gasteiger partial charge in [0.1, 0.15) is 5.82 Å². The van der Waals surface area contributed by atoms with E-state index < -0.39 is 0 Å². The van der Waals surface area contributed by atoms with Crippen molar-refractivity contribution >= 4 is 0 Å². The Balaban J connectivity index is 2.18. The largest absolute Gasteiger partial charge is 0.316 e. The van der Waals surface area contributed by atoms with Gasteiger partial charge < -0.3 is 5.32 Å². The van der Waals surface area contributed by atoms with E-state index >= 15 is 0 Å². The minimum Gasteiger partial charge on any atom is -0.316 e. The molecule has 0 fully saturated rings. The highest BCUT2D eigenvalue weighted by Gasteiger charge is 2.06. The van der Waals surface area contributed by atoms with Gasteiger partial charge in [-0.05, 0) is 42.6 Å². The number of rotatable bonds is 6. The molecule has 0 saturated heterocycles. The lowest BCUT2D eigenvalue weighted by atomic mass is 10.00. The molecule has 0 aliphatic rings. The Morgan fingerprint density at radius 2 is 1.70 bits per heavy atom. The maximum atomic E-state index is 14.1. The first-order valence-electron chi connectivity index (χ1n) is 7.27. The molecule has 0 aliphatic heterocycles. The second-order valence-corrected chi connectivity index (χ2v) is 5.15. The molecule has 0 aliphatic carbocycles. The summed E-state index contributed by atoms with van der Waals surface area (Å²) in [5, 5.41) is 3.03. The van der Waals surface area contributed by atoms with E-state index in [2.05, 4.69) is 24.4 Å². The summed E-state index contributed by atoms with van der Waals surface area (Å²) < 4.78 is 14.1.